The van der Waals surface area contributed by atoms with Crippen LogP contribution in [0.5, 0.6) is 0 Å². The van der Waals surface area contributed by atoms with Gasteiger partial charge in [-0.3, -0.25) is 10.0 Å². The molecule has 0 radical (unpaired) electrons. The standard InChI is InChI=1S/C17H19N5O3S3/c1-20(15(26)13-9-5-3-6-10-13)19-28(24,25)22(17(18)23)21(2)16(27)14-11-7-4-8-12-14/h3-12,19H,1-2H3,(H2,18,23). The zero-order valence-corrected chi connectivity index (χ0v) is 17.6. The summed E-state index contributed by atoms with van der Waals surface area (Å²) in [5.41, 5.74) is 6.49. The number of nitrogens with zero attached hydrogens (tertiary/aromatic N) is 3. The first-order chi connectivity index (χ1) is 13.1. The SMILES string of the molecule is CN(NS(=O)(=O)N(C(N)=O)N(C)C(=S)c1ccccc1)C(=S)c1ccccc1. The lowest BCUT2D eigenvalue weighted by atomic mass is 10.2. The van der Waals surface area contributed by atoms with Gasteiger partial charge in [-0.2, -0.15) is 8.42 Å². The van der Waals surface area contributed by atoms with Gasteiger partial charge in [0.25, 0.3) is 0 Å². The number of amides is 2. The lowest BCUT2D eigenvalue weighted by Gasteiger charge is -2.33. The fourth-order valence-corrected chi connectivity index (χ4v) is 3.97. The number of hydrogen-bond donors (Lipinski definition) is 2. The van der Waals surface area contributed by atoms with Crippen LogP contribution < -0.4 is 10.6 Å². The van der Waals surface area contributed by atoms with Crippen molar-refractivity contribution in [2.24, 2.45) is 5.73 Å². The second kappa shape index (κ2) is 9.06. The van der Waals surface area contributed by atoms with Gasteiger partial charge in [-0.05, 0) is 0 Å². The third-order valence-corrected chi connectivity index (χ3v) is 5.98. The largest absolute Gasteiger partial charge is 0.349 e. The number of urea groups is 1. The van der Waals surface area contributed by atoms with Crippen molar-refractivity contribution >= 4 is 50.7 Å². The van der Waals surface area contributed by atoms with Crippen molar-refractivity contribution in [1.29, 1.82) is 0 Å². The summed E-state index contributed by atoms with van der Waals surface area (Å²) in [6, 6.07) is 16.2. The van der Waals surface area contributed by atoms with Gasteiger partial charge in [0, 0.05) is 25.2 Å². The van der Waals surface area contributed by atoms with Gasteiger partial charge in [-0.1, -0.05) is 85.1 Å². The molecule has 2 amide bonds. The molecule has 148 valence electrons. The molecule has 0 aromatic heterocycles. The Bertz CT molecular complexity index is 968. The number of rotatable bonds is 5. The zero-order valence-electron chi connectivity index (χ0n) is 15.1. The average Bonchev–Trinajstić information content (AvgIpc) is 2.67. The van der Waals surface area contributed by atoms with Crippen LogP contribution in [0.3, 0.4) is 0 Å². The summed E-state index contributed by atoms with van der Waals surface area (Å²) in [6.45, 7) is 0. The Morgan fingerprint density at radius 1 is 0.893 bits per heavy atom. The Balaban J connectivity index is 2.25. The van der Waals surface area contributed by atoms with Crippen LogP contribution in [-0.4, -0.2) is 53.0 Å². The molecule has 8 nitrogen and oxygen atoms in total. The van der Waals surface area contributed by atoms with Gasteiger partial charge < -0.3 is 5.73 Å². The van der Waals surface area contributed by atoms with Gasteiger partial charge in [-0.25, -0.2) is 4.79 Å². The van der Waals surface area contributed by atoms with E-state index in [0.717, 1.165) is 10.0 Å². The minimum absolute atomic E-state index is 0.0954. The van der Waals surface area contributed by atoms with E-state index in [-0.39, 0.29) is 9.98 Å². The molecule has 2 rings (SSSR count). The molecule has 0 fully saturated rings. The van der Waals surface area contributed by atoms with Crippen molar-refractivity contribution in [3.63, 3.8) is 0 Å². The van der Waals surface area contributed by atoms with Gasteiger partial charge in [0.1, 0.15) is 9.98 Å². The Morgan fingerprint density at radius 2 is 1.32 bits per heavy atom. The number of nitrogens with two attached hydrogens (primary N) is 1. The van der Waals surface area contributed by atoms with Crippen molar-refractivity contribution in [3.05, 3.63) is 71.8 Å². The lowest BCUT2D eigenvalue weighted by Crippen LogP contribution is -2.59. The highest BCUT2D eigenvalue weighted by molar-refractivity contribution is 7.87. The summed E-state index contributed by atoms with van der Waals surface area (Å²) >= 11 is 10.6. The Hall–Kier alpha value is -2.60. The molecule has 0 aliphatic heterocycles. The maximum atomic E-state index is 12.8. The molecule has 0 atom stereocenters. The first-order valence-electron chi connectivity index (χ1n) is 7.93. The molecule has 28 heavy (non-hydrogen) atoms. The molecule has 0 aliphatic rings. The van der Waals surface area contributed by atoms with E-state index >= 15 is 0 Å². The predicted octanol–water partition coefficient (Wildman–Crippen LogP) is 1.65. The molecular formula is C17H19N5O3S3. The summed E-state index contributed by atoms with van der Waals surface area (Å²) < 4.78 is 26.0. The van der Waals surface area contributed by atoms with Crippen molar-refractivity contribution in [3.8, 4) is 0 Å². The Kier molecular flexibility index (Phi) is 7.02. The van der Waals surface area contributed by atoms with Crippen LogP contribution in [0.2, 0.25) is 0 Å². The monoisotopic (exact) mass is 437 g/mol. The molecule has 0 unspecified atom stereocenters. The van der Waals surface area contributed by atoms with Crippen molar-refractivity contribution in [2.45, 2.75) is 0 Å². The van der Waals surface area contributed by atoms with Crippen LogP contribution in [0.25, 0.3) is 0 Å². The highest BCUT2D eigenvalue weighted by Crippen LogP contribution is 2.12. The maximum absolute atomic E-state index is 12.8. The number of hydrazine groups is 2. The molecule has 0 spiro atoms. The van der Waals surface area contributed by atoms with Gasteiger partial charge in [0.15, 0.2) is 0 Å². The first-order valence-corrected chi connectivity index (χ1v) is 10.2. The van der Waals surface area contributed by atoms with Gasteiger partial charge >= 0.3 is 16.2 Å². The van der Waals surface area contributed by atoms with Crippen LogP contribution in [0, 0.1) is 0 Å². The molecule has 0 heterocycles. The van der Waals surface area contributed by atoms with Crippen molar-refractivity contribution in [2.75, 3.05) is 14.1 Å². The van der Waals surface area contributed by atoms with E-state index in [9.17, 15) is 13.2 Å². The van der Waals surface area contributed by atoms with Crippen LogP contribution in [0.15, 0.2) is 60.7 Å². The smallest absolute Gasteiger partial charge is 0.349 e. The van der Waals surface area contributed by atoms with E-state index in [1.54, 1.807) is 54.6 Å². The fourth-order valence-electron chi connectivity index (χ4n) is 2.31. The number of carbonyl (C=O) groups excluding carboxylic acids is 1. The predicted molar refractivity (Wildman–Crippen MR) is 115 cm³/mol. The van der Waals surface area contributed by atoms with E-state index in [0.29, 0.717) is 15.5 Å². The van der Waals surface area contributed by atoms with Gasteiger partial charge in [0.05, 0.1) is 0 Å². The highest BCUT2D eigenvalue weighted by atomic mass is 32.2. The van der Waals surface area contributed by atoms with Crippen LogP contribution >= 0.6 is 24.4 Å². The summed E-state index contributed by atoms with van der Waals surface area (Å²) in [5, 5.41) is 2.09. The van der Waals surface area contributed by atoms with Gasteiger partial charge in [0.2, 0.25) is 0 Å². The quantitative estimate of drug-likeness (QED) is 0.542. The van der Waals surface area contributed by atoms with Crippen molar-refractivity contribution < 1.29 is 13.2 Å². The van der Waals surface area contributed by atoms with Gasteiger partial charge in [-0.15, -0.1) is 9.25 Å². The molecule has 0 saturated heterocycles. The molecule has 2 aromatic carbocycles. The molecule has 11 heteroatoms. The average molecular weight is 438 g/mol. The lowest BCUT2D eigenvalue weighted by molar-refractivity contribution is 0.176. The van der Waals surface area contributed by atoms with E-state index in [4.69, 9.17) is 30.2 Å². The van der Waals surface area contributed by atoms with Crippen LogP contribution in [0.4, 0.5) is 4.79 Å². The number of hydrogen-bond acceptors (Lipinski definition) is 5. The van der Waals surface area contributed by atoms with Crippen LogP contribution in [-0.2, 0) is 10.2 Å². The normalized spacial score (nSPS) is 10.8. The van der Waals surface area contributed by atoms with E-state index in [2.05, 4.69) is 4.83 Å². The number of thiocarbonyl (C=S) groups is 2. The number of benzene rings is 2. The molecule has 0 bridgehead atoms. The van der Waals surface area contributed by atoms with Crippen molar-refractivity contribution in [1.82, 2.24) is 19.3 Å². The molecule has 0 aliphatic carbocycles. The third kappa shape index (κ3) is 5.01. The number of carbonyl (C=O) groups is 1. The summed E-state index contributed by atoms with van der Waals surface area (Å²) in [6.07, 6.45) is 0. The minimum atomic E-state index is -4.44. The molecule has 2 aromatic rings. The number of nitrogens with one attached hydrogen (secondary N) is 1. The van der Waals surface area contributed by atoms with E-state index < -0.39 is 16.2 Å². The second-order valence-electron chi connectivity index (χ2n) is 5.60. The second-order valence-corrected chi connectivity index (χ2v) is 7.85. The zero-order chi connectivity index (χ0) is 20.9. The third-order valence-electron chi connectivity index (χ3n) is 3.58. The maximum Gasteiger partial charge on any atom is 0.349 e. The topological polar surface area (TPSA) is 99.0 Å². The highest BCUT2D eigenvalue weighted by Gasteiger charge is 2.33. The number of primary amides is 1. The fraction of sp³-hybridized carbons (Fsp3) is 0.118. The van der Waals surface area contributed by atoms with Crippen LogP contribution in [0.1, 0.15) is 11.1 Å². The Morgan fingerprint density at radius 3 is 1.75 bits per heavy atom. The molecule has 0 saturated carbocycles. The molecule has 3 N–H and O–H groups in total. The minimum Gasteiger partial charge on any atom is -0.349 e. The summed E-state index contributed by atoms with van der Waals surface area (Å²) in [7, 11) is -1.69. The van der Waals surface area contributed by atoms with E-state index in [1.165, 1.54) is 14.1 Å². The summed E-state index contributed by atoms with van der Waals surface area (Å²) in [4.78, 5) is 14.4. The summed E-state index contributed by atoms with van der Waals surface area (Å²) in [5.74, 6) is 0. The Labute approximate surface area is 174 Å². The first kappa shape index (κ1) is 21.7. The molecular weight excluding hydrogens is 418 g/mol. The van der Waals surface area contributed by atoms with E-state index in [1.807, 2.05) is 6.07 Å².